The largest absolute Gasteiger partial charge is 0.507 e. The van der Waals surface area contributed by atoms with Gasteiger partial charge in [-0.05, 0) is 43.7 Å². The maximum atomic E-state index is 12.5. The molecule has 0 heterocycles. The summed E-state index contributed by atoms with van der Waals surface area (Å²) < 4.78 is 24.8. The van der Waals surface area contributed by atoms with Crippen molar-refractivity contribution in [2.24, 2.45) is 5.73 Å². The van der Waals surface area contributed by atoms with Crippen LogP contribution in [0.1, 0.15) is 41.5 Å². The second kappa shape index (κ2) is 16.5. The van der Waals surface area contributed by atoms with Crippen molar-refractivity contribution >= 4 is 15.2 Å². The smallest absolute Gasteiger partial charge is 0.339 e. The van der Waals surface area contributed by atoms with Crippen molar-refractivity contribution in [1.82, 2.24) is 9.80 Å². The van der Waals surface area contributed by atoms with Gasteiger partial charge in [-0.2, -0.15) is 0 Å². The molecule has 2 aromatic carbocycles. The van der Waals surface area contributed by atoms with Crippen LogP contribution in [-0.2, 0) is 35.4 Å². The van der Waals surface area contributed by atoms with Crippen molar-refractivity contribution in [2.75, 3.05) is 32.3 Å². The number of phenols is 4. The third-order valence-electron chi connectivity index (χ3n) is 7.66. The lowest BCUT2D eigenvalue weighted by molar-refractivity contribution is -0.0637. The summed E-state index contributed by atoms with van der Waals surface area (Å²) in [5.74, 6) is -2.33. The predicted octanol–water partition coefficient (Wildman–Crippen LogP) is -0.711. The number of aromatic hydroxyl groups is 4. The van der Waals surface area contributed by atoms with Gasteiger partial charge in [0.25, 0.3) is 0 Å². The molecule has 0 aliphatic carbocycles. The molecule has 0 radical (unpaired) electrons. The Bertz CT molecular complexity index is 1370. The third kappa shape index (κ3) is 10.1. The first-order chi connectivity index (χ1) is 21.0. The summed E-state index contributed by atoms with van der Waals surface area (Å²) in [6.45, 7) is -4.60. The fraction of sp³-hybridized carbons (Fsp3) is 0.538. The van der Waals surface area contributed by atoms with E-state index in [4.69, 9.17) is 5.73 Å². The molecular weight excluding hydrogens is 640 g/mol. The number of unbranched alkanes of at least 4 members (excludes halogenated alkanes) is 1. The van der Waals surface area contributed by atoms with Crippen molar-refractivity contribution in [1.29, 1.82) is 0 Å². The molecule has 0 spiro atoms. The Morgan fingerprint density at radius 3 is 1.62 bits per heavy atom. The number of hydrogen-bond donors (Lipinski definition) is 13. The molecule has 0 saturated heterocycles. The van der Waals surface area contributed by atoms with Crippen LogP contribution in [-0.4, -0.2) is 114 Å². The summed E-state index contributed by atoms with van der Waals surface area (Å²) in [6.07, 6.45) is -2.03. The fourth-order valence-electron chi connectivity index (χ4n) is 5.40. The minimum absolute atomic E-state index is 0.0475. The molecule has 0 aliphatic heterocycles. The highest BCUT2D eigenvalue weighted by atomic mass is 31.2. The molecular formula is C26H43N3O14P2. The standard InChI is InChI=1S/C26H43N3O14P2/c27-8-2-1-7-26(14-33,29(16-45(41,42)43)10-20-22(35)6-4-18(12-31)25(20)37)23(13-32)28(15-44(38,39)40)9-19-21(34)5-3-17(11-30)24(19)36/h3-6,23,30-37H,1-2,7-16,27H2,(H2,38,39,40)(H2,41,42,43). The van der Waals surface area contributed by atoms with Crippen LogP contribution in [0.15, 0.2) is 24.3 Å². The summed E-state index contributed by atoms with van der Waals surface area (Å²) in [6, 6.07) is 3.04. The number of hydrogen-bond acceptors (Lipinski definition) is 13. The number of phenolic OH excluding ortho intramolecular Hbond substituents is 2. The number of rotatable bonds is 19. The zero-order valence-corrected chi connectivity index (χ0v) is 26.2. The van der Waals surface area contributed by atoms with E-state index in [0.717, 1.165) is 21.9 Å². The second-order valence-electron chi connectivity index (χ2n) is 10.7. The molecule has 0 aromatic heterocycles. The highest BCUT2D eigenvalue weighted by Crippen LogP contribution is 2.46. The molecule has 0 fully saturated rings. The Labute approximate surface area is 259 Å². The van der Waals surface area contributed by atoms with E-state index in [1.807, 2.05) is 0 Å². The molecule has 256 valence electrons. The first-order valence-corrected chi connectivity index (χ1v) is 17.3. The molecule has 2 rings (SSSR count). The normalized spacial score (nSPS) is 14.6. The Kier molecular flexibility index (Phi) is 14.2. The summed E-state index contributed by atoms with van der Waals surface area (Å²) in [7, 11) is -10.1. The lowest BCUT2D eigenvalue weighted by atomic mass is 9.82. The van der Waals surface area contributed by atoms with Gasteiger partial charge in [0, 0.05) is 24.2 Å². The Balaban J connectivity index is 2.89. The number of nitrogens with zero attached hydrogens (tertiary/aromatic N) is 2. The van der Waals surface area contributed by atoms with Gasteiger partial charge in [0.1, 0.15) is 35.6 Å². The van der Waals surface area contributed by atoms with E-state index in [1.165, 1.54) is 12.1 Å². The monoisotopic (exact) mass is 683 g/mol. The molecule has 0 amide bonds. The highest BCUT2D eigenvalue weighted by molar-refractivity contribution is 7.51. The number of nitrogens with two attached hydrogens (primary N) is 1. The Morgan fingerprint density at radius 2 is 1.22 bits per heavy atom. The summed E-state index contributed by atoms with van der Waals surface area (Å²) in [4.78, 5) is 42.1. The van der Waals surface area contributed by atoms with Crippen molar-refractivity contribution < 1.29 is 69.6 Å². The van der Waals surface area contributed by atoms with Crippen molar-refractivity contribution in [2.45, 2.75) is 57.1 Å². The average molecular weight is 684 g/mol. The maximum Gasteiger partial charge on any atom is 0.339 e. The molecule has 17 nitrogen and oxygen atoms in total. The molecule has 0 bridgehead atoms. The fourth-order valence-corrected chi connectivity index (χ4v) is 6.99. The quantitative estimate of drug-likeness (QED) is 0.0642. The van der Waals surface area contributed by atoms with Gasteiger partial charge in [-0.1, -0.05) is 6.42 Å². The van der Waals surface area contributed by atoms with E-state index >= 15 is 0 Å². The Hall–Kier alpha value is -2.34. The van der Waals surface area contributed by atoms with E-state index in [1.54, 1.807) is 0 Å². The van der Waals surface area contributed by atoms with E-state index < -0.39 is 102 Å². The van der Waals surface area contributed by atoms with Crippen LogP contribution in [0.5, 0.6) is 23.0 Å². The van der Waals surface area contributed by atoms with Gasteiger partial charge < -0.3 is 66.2 Å². The number of benzene rings is 2. The molecule has 19 heteroatoms. The SMILES string of the molecule is NCCCCC(CO)(C(CO)N(Cc1c(O)ccc(CO)c1O)CP(=O)(O)O)N(Cc1c(O)ccc(CO)c1O)CP(=O)(O)O. The van der Waals surface area contributed by atoms with Gasteiger partial charge in [0.2, 0.25) is 0 Å². The van der Waals surface area contributed by atoms with Gasteiger partial charge in [-0.25, -0.2) is 0 Å². The van der Waals surface area contributed by atoms with Crippen molar-refractivity contribution in [3.8, 4) is 23.0 Å². The van der Waals surface area contributed by atoms with Gasteiger partial charge in [0.15, 0.2) is 0 Å². The zero-order chi connectivity index (χ0) is 34.2. The van der Waals surface area contributed by atoms with Gasteiger partial charge in [0.05, 0.1) is 49.1 Å². The number of aliphatic hydroxyl groups excluding tert-OH is 4. The third-order valence-corrected chi connectivity index (χ3v) is 9.10. The summed E-state index contributed by atoms with van der Waals surface area (Å²) in [5.41, 5.74) is 2.94. The minimum Gasteiger partial charge on any atom is -0.507 e. The number of aliphatic hydroxyl groups is 4. The molecule has 45 heavy (non-hydrogen) atoms. The van der Waals surface area contributed by atoms with E-state index in [-0.39, 0.29) is 41.6 Å². The van der Waals surface area contributed by atoms with Gasteiger partial charge >= 0.3 is 15.2 Å². The van der Waals surface area contributed by atoms with E-state index in [9.17, 15) is 69.6 Å². The van der Waals surface area contributed by atoms with Crippen LogP contribution in [0, 0.1) is 0 Å². The highest BCUT2D eigenvalue weighted by Gasteiger charge is 2.49. The molecule has 0 aliphatic rings. The topological polar surface area (TPSA) is 309 Å². The van der Waals surface area contributed by atoms with Crippen LogP contribution in [0.2, 0.25) is 0 Å². The van der Waals surface area contributed by atoms with Gasteiger partial charge in [-0.3, -0.25) is 18.9 Å². The van der Waals surface area contributed by atoms with Gasteiger partial charge in [-0.15, -0.1) is 0 Å². The molecule has 2 unspecified atom stereocenters. The summed E-state index contributed by atoms with van der Waals surface area (Å²) >= 11 is 0. The maximum absolute atomic E-state index is 12.5. The van der Waals surface area contributed by atoms with E-state index in [0.29, 0.717) is 6.42 Å². The molecule has 14 N–H and O–H groups in total. The van der Waals surface area contributed by atoms with Crippen LogP contribution in [0.3, 0.4) is 0 Å². The van der Waals surface area contributed by atoms with Crippen LogP contribution in [0.25, 0.3) is 0 Å². The molecule has 0 saturated carbocycles. The zero-order valence-electron chi connectivity index (χ0n) is 24.4. The van der Waals surface area contributed by atoms with Crippen molar-refractivity contribution in [3.63, 3.8) is 0 Å². The lowest BCUT2D eigenvalue weighted by Crippen LogP contribution is -2.65. The predicted molar refractivity (Wildman–Crippen MR) is 160 cm³/mol. The molecule has 2 atom stereocenters. The minimum atomic E-state index is -5.05. The van der Waals surface area contributed by atoms with Crippen LogP contribution in [0.4, 0.5) is 0 Å². The van der Waals surface area contributed by atoms with Crippen molar-refractivity contribution in [3.05, 3.63) is 46.5 Å². The molecule has 2 aromatic rings. The lowest BCUT2D eigenvalue weighted by Gasteiger charge is -2.51. The first-order valence-electron chi connectivity index (χ1n) is 13.8. The Morgan fingerprint density at radius 1 is 0.733 bits per heavy atom. The van der Waals surface area contributed by atoms with Crippen LogP contribution < -0.4 is 5.73 Å². The van der Waals surface area contributed by atoms with E-state index in [2.05, 4.69) is 0 Å². The average Bonchev–Trinajstić information content (AvgIpc) is 2.95. The first kappa shape index (κ1) is 38.8. The van der Waals surface area contributed by atoms with Crippen LogP contribution >= 0.6 is 15.2 Å². The second-order valence-corrected chi connectivity index (χ2v) is 13.9. The summed E-state index contributed by atoms with van der Waals surface area (Å²) in [5, 5.41) is 83.7.